The summed E-state index contributed by atoms with van der Waals surface area (Å²) in [5.41, 5.74) is 0. The van der Waals surface area contributed by atoms with Gasteiger partial charge in [0.15, 0.2) is 0 Å². The Kier molecular flexibility index (Phi) is 53.8. The summed E-state index contributed by atoms with van der Waals surface area (Å²) >= 11 is 0. The van der Waals surface area contributed by atoms with Crippen LogP contribution in [0, 0.1) is 0 Å². The normalized spacial score (nSPS) is 3.86. The maximum absolute atomic E-state index is 8.64. The van der Waals surface area contributed by atoms with Gasteiger partial charge in [0.25, 0.3) is 0 Å². The molecule has 7 heteroatoms. The topological polar surface area (TPSA) is 63.5 Å². The molecule has 0 bridgehead atoms. The summed E-state index contributed by atoms with van der Waals surface area (Å²) in [5.74, 6) is 0. The average Bonchev–Trinajstić information content (AvgIpc) is 0.811. The Labute approximate surface area is 69.0 Å². The number of rotatable bonds is 0. The van der Waals surface area contributed by atoms with Crippen molar-refractivity contribution >= 4 is 7.32 Å². The van der Waals surface area contributed by atoms with E-state index in [-0.39, 0.29) is 46.5 Å². The molecule has 0 aromatic heterocycles. The van der Waals surface area contributed by atoms with Crippen molar-refractivity contribution in [3.05, 3.63) is 0 Å². The van der Waals surface area contributed by atoms with Gasteiger partial charge in [0.2, 0.25) is 0 Å². The predicted octanol–water partition coefficient (Wildman–Crippen LogP) is -8.68. The van der Waals surface area contributed by atoms with E-state index in [2.05, 4.69) is 0 Å². The third-order valence-electron chi connectivity index (χ3n) is 0. The summed E-state index contributed by atoms with van der Waals surface area (Å²) in [4.78, 5) is 0. The van der Waals surface area contributed by atoms with Gasteiger partial charge in [-0.1, -0.05) is 0 Å². The molecule has 0 atom stereocenters. The molecule has 2 N–H and O–H groups in total. The van der Waals surface area contributed by atoms with Crippen LogP contribution in [0.4, 0.5) is 0 Å². The van der Waals surface area contributed by atoms with Gasteiger partial charge in [-0.3, -0.25) is 0 Å². The van der Waals surface area contributed by atoms with Gasteiger partial charge in [-0.05, 0) is 0 Å². The first-order valence-electron chi connectivity index (χ1n) is 0.752. The predicted molar refractivity (Wildman–Crippen MR) is 10.2 cm³/mol. The van der Waals surface area contributed by atoms with Crippen molar-refractivity contribution in [2.24, 2.45) is 0 Å². The second kappa shape index (κ2) is 15.7. The quantitative estimate of drug-likeness (QED) is 0.363. The van der Waals surface area contributed by atoms with Crippen LogP contribution in [0.2, 0.25) is 0 Å². The van der Waals surface area contributed by atoms with E-state index in [0.717, 1.165) is 0 Å². The SMILES string of the molecule is [Cl-].[Cl-].[O-]B(O)O.[Ti+3]. The van der Waals surface area contributed by atoms with Crippen LogP contribution in [0.1, 0.15) is 0 Å². The molecule has 0 aliphatic carbocycles. The van der Waals surface area contributed by atoms with E-state index < -0.39 is 7.32 Å². The van der Waals surface area contributed by atoms with Gasteiger partial charge in [0.1, 0.15) is 0 Å². The molecule has 1 radical (unpaired) electrons. The molecule has 0 heterocycles. The molecule has 0 unspecified atom stereocenters. The van der Waals surface area contributed by atoms with E-state index >= 15 is 0 Å². The van der Waals surface area contributed by atoms with Crippen molar-refractivity contribution in [2.45, 2.75) is 0 Å². The van der Waals surface area contributed by atoms with Crippen LogP contribution >= 0.6 is 0 Å². The molecule has 0 fully saturated rings. The maximum atomic E-state index is 8.64. The second-order valence-electron chi connectivity index (χ2n) is 0.326. The number of hydrogen-bond donors (Lipinski definition) is 2. The Morgan fingerprint density at radius 3 is 1.14 bits per heavy atom. The van der Waals surface area contributed by atoms with Gasteiger partial charge in [-0.25, -0.2) is 0 Å². The summed E-state index contributed by atoms with van der Waals surface area (Å²) in [5, 5.41) is 22.8. The number of halogens is 2. The van der Waals surface area contributed by atoms with Gasteiger partial charge < -0.3 is 39.9 Å². The third-order valence-corrected chi connectivity index (χ3v) is 0. The van der Waals surface area contributed by atoms with Crippen LogP contribution in [-0.2, 0) is 21.7 Å². The molecule has 7 heavy (non-hydrogen) atoms. The van der Waals surface area contributed by atoms with Crippen molar-refractivity contribution in [3.8, 4) is 0 Å². The molecule has 0 rings (SSSR count). The molecular weight excluding hydrogens is 178 g/mol. The smallest absolute Gasteiger partial charge is 1.00 e. The molecule has 0 saturated carbocycles. The standard InChI is InChI=1S/BH2O3.2ClH.Ti/c2-1(3)4;;;/h2-3H;2*1H;/q-1;;;+3/p-2. The fraction of sp³-hybridized carbons (Fsp3) is 0. The largest absolute Gasteiger partial charge is 3.00 e. The fourth-order valence-corrected chi connectivity index (χ4v) is 0. The monoisotopic (exact) mass is 179 g/mol. The van der Waals surface area contributed by atoms with E-state index in [9.17, 15) is 0 Å². The van der Waals surface area contributed by atoms with Gasteiger partial charge in [0.05, 0.1) is 0 Å². The molecule has 3 nitrogen and oxygen atoms in total. The Morgan fingerprint density at radius 1 is 1.14 bits per heavy atom. The van der Waals surface area contributed by atoms with Crippen LogP contribution in [-0.4, -0.2) is 17.4 Å². The summed E-state index contributed by atoms with van der Waals surface area (Å²) < 4.78 is 0. The van der Waals surface area contributed by atoms with E-state index in [0.29, 0.717) is 0 Å². The van der Waals surface area contributed by atoms with Gasteiger partial charge in [-0.15, -0.1) is 0 Å². The molecule has 0 saturated heterocycles. The van der Waals surface area contributed by atoms with E-state index in [1.807, 2.05) is 0 Å². The summed E-state index contributed by atoms with van der Waals surface area (Å²) in [6.07, 6.45) is 0. The van der Waals surface area contributed by atoms with Crippen LogP contribution in [0.5, 0.6) is 0 Å². The van der Waals surface area contributed by atoms with E-state index in [4.69, 9.17) is 15.1 Å². The van der Waals surface area contributed by atoms with Crippen LogP contribution < -0.4 is 29.8 Å². The van der Waals surface area contributed by atoms with Crippen molar-refractivity contribution in [2.75, 3.05) is 0 Å². The number of hydrogen-bond acceptors (Lipinski definition) is 3. The van der Waals surface area contributed by atoms with Crippen molar-refractivity contribution in [3.63, 3.8) is 0 Å². The van der Waals surface area contributed by atoms with Gasteiger partial charge in [0, 0.05) is 0 Å². The summed E-state index contributed by atoms with van der Waals surface area (Å²) in [6.45, 7) is 0. The minimum absolute atomic E-state index is 0. The van der Waals surface area contributed by atoms with Gasteiger partial charge >= 0.3 is 29.0 Å². The maximum Gasteiger partial charge on any atom is 3.00 e. The minimum atomic E-state index is -2.42. The molecule has 0 spiro atoms. The van der Waals surface area contributed by atoms with E-state index in [1.54, 1.807) is 0 Å². The fourth-order valence-electron chi connectivity index (χ4n) is 0. The first-order valence-corrected chi connectivity index (χ1v) is 0.752. The molecular formula is H2BCl2O3Ti. The Balaban J connectivity index is -0.0000000150. The zero-order valence-electron chi connectivity index (χ0n) is 3.14. The minimum Gasteiger partial charge on any atom is -1.00 e. The van der Waals surface area contributed by atoms with Crippen molar-refractivity contribution in [1.82, 2.24) is 0 Å². The van der Waals surface area contributed by atoms with E-state index in [1.165, 1.54) is 0 Å². The first kappa shape index (κ1) is 24.0. The van der Waals surface area contributed by atoms with Crippen LogP contribution in [0.15, 0.2) is 0 Å². The Morgan fingerprint density at radius 2 is 1.14 bits per heavy atom. The Hall–Kier alpha value is 1.24. The summed E-state index contributed by atoms with van der Waals surface area (Å²) in [7, 11) is -2.42. The van der Waals surface area contributed by atoms with Crippen molar-refractivity contribution in [1.29, 1.82) is 0 Å². The first-order chi connectivity index (χ1) is 1.73. The third kappa shape index (κ3) is 129. The average molecular weight is 180 g/mol. The van der Waals surface area contributed by atoms with Gasteiger partial charge in [-0.2, -0.15) is 0 Å². The van der Waals surface area contributed by atoms with Crippen LogP contribution in [0.25, 0.3) is 0 Å². The zero-order valence-corrected chi connectivity index (χ0v) is 6.21. The van der Waals surface area contributed by atoms with Crippen LogP contribution in [0.3, 0.4) is 0 Å². The van der Waals surface area contributed by atoms with Crippen molar-refractivity contribution < 1.29 is 61.6 Å². The summed E-state index contributed by atoms with van der Waals surface area (Å²) in [6, 6.07) is 0. The second-order valence-corrected chi connectivity index (χ2v) is 0.326. The molecule has 0 aliphatic heterocycles. The zero-order chi connectivity index (χ0) is 3.58. The molecule has 0 aromatic rings. The molecule has 0 aliphatic rings. The molecule has 0 aromatic carbocycles. The molecule has 41 valence electrons. The molecule has 0 amide bonds. The Bertz CT molecular complexity index is 17.7.